The average molecular weight is 247 g/mol. The van der Waals surface area contributed by atoms with E-state index >= 15 is 0 Å². The quantitative estimate of drug-likeness (QED) is 0.818. The lowest BCUT2D eigenvalue weighted by Gasteiger charge is -2.23. The number of aromatic nitrogens is 2. The molecule has 4 nitrogen and oxygen atoms in total. The van der Waals surface area contributed by atoms with Crippen LogP contribution in [0, 0.1) is 5.82 Å². The van der Waals surface area contributed by atoms with E-state index in [-0.39, 0.29) is 5.82 Å². The van der Waals surface area contributed by atoms with Crippen molar-refractivity contribution in [3.05, 3.63) is 30.1 Å². The van der Waals surface area contributed by atoms with Gasteiger partial charge in [0.05, 0.1) is 0 Å². The number of nitrogens with zero attached hydrogens (tertiary/aromatic N) is 3. The number of hydrogen-bond donors (Lipinski definition) is 0. The maximum Gasteiger partial charge on any atom is 0.324 e. The van der Waals surface area contributed by atoms with Crippen molar-refractivity contribution < 1.29 is 8.91 Å². The Kier molecular flexibility index (Phi) is 2.96. The van der Waals surface area contributed by atoms with Gasteiger partial charge in [0.25, 0.3) is 0 Å². The molecule has 0 amide bonds. The second kappa shape index (κ2) is 4.76. The van der Waals surface area contributed by atoms with Crippen molar-refractivity contribution in [2.24, 2.45) is 0 Å². The van der Waals surface area contributed by atoms with E-state index < -0.39 is 0 Å². The molecule has 1 fully saturated rings. The monoisotopic (exact) mass is 247 g/mol. The summed E-state index contributed by atoms with van der Waals surface area (Å²) in [4.78, 5) is 6.46. The first-order valence-corrected chi connectivity index (χ1v) is 6.17. The number of hydrogen-bond acceptors (Lipinski definition) is 4. The molecule has 1 aromatic carbocycles. The minimum absolute atomic E-state index is 0.265. The second-order valence-electron chi connectivity index (χ2n) is 4.46. The van der Waals surface area contributed by atoms with Crippen LogP contribution in [-0.2, 0) is 0 Å². The van der Waals surface area contributed by atoms with Crippen LogP contribution in [0.25, 0.3) is 11.4 Å². The predicted octanol–water partition coefficient (Wildman–Crippen LogP) is 2.87. The van der Waals surface area contributed by atoms with E-state index in [4.69, 9.17) is 4.52 Å². The highest BCUT2D eigenvalue weighted by atomic mass is 19.1. The van der Waals surface area contributed by atoms with Crippen LogP contribution in [0.2, 0.25) is 0 Å². The fourth-order valence-electron chi connectivity index (χ4n) is 2.15. The van der Waals surface area contributed by atoms with Gasteiger partial charge in [-0.05, 0) is 43.5 Å². The van der Waals surface area contributed by atoms with Crippen molar-refractivity contribution in [2.75, 3.05) is 18.0 Å². The summed E-state index contributed by atoms with van der Waals surface area (Å²) < 4.78 is 18.1. The fourth-order valence-corrected chi connectivity index (χ4v) is 2.15. The molecule has 0 spiro atoms. The Morgan fingerprint density at radius 1 is 1.06 bits per heavy atom. The number of anilines is 1. The zero-order valence-corrected chi connectivity index (χ0v) is 9.97. The Hall–Kier alpha value is -1.91. The zero-order valence-electron chi connectivity index (χ0n) is 9.97. The lowest BCUT2D eigenvalue weighted by atomic mass is 10.1. The van der Waals surface area contributed by atoms with Gasteiger partial charge in [0.2, 0.25) is 5.82 Å². The van der Waals surface area contributed by atoms with Crippen LogP contribution in [0.1, 0.15) is 19.3 Å². The van der Waals surface area contributed by atoms with Crippen LogP contribution < -0.4 is 4.90 Å². The molecule has 2 heterocycles. The summed E-state index contributed by atoms with van der Waals surface area (Å²) in [6.07, 6.45) is 3.58. The normalized spacial score (nSPS) is 15.9. The molecule has 2 aromatic rings. The number of benzene rings is 1. The average Bonchev–Trinajstić information content (AvgIpc) is 2.90. The molecule has 0 atom stereocenters. The summed E-state index contributed by atoms with van der Waals surface area (Å²) >= 11 is 0. The van der Waals surface area contributed by atoms with Gasteiger partial charge < -0.3 is 9.42 Å². The van der Waals surface area contributed by atoms with Crippen molar-refractivity contribution in [2.45, 2.75) is 19.3 Å². The molecule has 0 unspecified atom stereocenters. The van der Waals surface area contributed by atoms with Gasteiger partial charge in [0, 0.05) is 18.7 Å². The highest BCUT2D eigenvalue weighted by molar-refractivity contribution is 5.55. The third-order valence-corrected chi connectivity index (χ3v) is 3.14. The minimum Gasteiger partial charge on any atom is -0.324 e. The maximum atomic E-state index is 12.8. The Balaban J connectivity index is 1.82. The summed E-state index contributed by atoms with van der Waals surface area (Å²) in [5.41, 5.74) is 0.767. The molecule has 94 valence electrons. The number of piperidine rings is 1. The largest absolute Gasteiger partial charge is 0.324 e. The molecule has 18 heavy (non-hydrogen) atoms. The van der Waals surface area contributed by atoms with E-state index in [9.17, 15) is 4.39 Å². The highest BCUT2D eigenvalue weighted by Gasteiger charge is 2.17. The third-order valence-electron chi connectivity index (χ3n) is 3.14. The molecule has 1 aliphatic heterocycles. The lowest BCUT2D eigenvalue weighted by molar-refractivity contribution is 0.403. The van der Waals surface area contributed by atoms with E-state index in [0.29, 0.717) is 11.8 Å². The lowest BCUT2D eigenvalue weighted by Crippen LogP contribution is -2.29. The van der Waals surface area contributed by atoms with Gasteiger partial charge in [-0.1, -0.05) is 5.16 Å². The van der Waals surface area contributed by atoms with Crippen LogP contribution >= 0.6 is 0 Å². The van der Waals surface area contributed by atoms with E-state index in [1.807, 2.05) is 0 Å². The topological polar surface area (TPSA) is 42.2 Å². The van der Waals surface area contributed by atoms with Crippen LogP contribution in [0.5, 0.6) is 0 Å². The Morgan fingerprint density at radius 2 is 1.78 bits per heavy atom. The van der Waals surface area contributed by atoms with Gasteiger partial charge in [0.15, 0.2) is 0 Å². The SMILES string of the molecule is Fc1ccc(-c2noc(N3CCCCC3)n2)cc1. The van der Waals surface area contributed by atoms with Gasteiger partial charge in [-0.2, -0.15) is 4.98 Å². The summed E-state index contributed by atoms with van der Waals surface area (Å²) in [5.74, 6) is 0.245. The molecular formula is C13H14FN3O. The van der Waals surface area contributed by atoms with Crippen LogP contribution in [0.4, 0.5) is 10.4 Å². The van der Waals surface area contributed by atoms with Crippen LogP contribution in [0.15, 0.2) is 28.8 Å². The summed E-state index contributed by atoms with van der Waals surface area (Å²) in [7, 11) is 0. The smallest absolute Gasteiger partial charge is 0.324 e. The molecule has 0 N–H and O–H groups in total. The molecule has 1 aromatic heterocycles. The van der Waals surface area contributed by atoms with Crippen molar-refractivity contribution >= 4 is 6.01 Å². The maximum absolute atomic E-state index is 12.8. The van der Waals surface area contributed by atoms with Crippen molar-refractivity contribution in [1.29, 1.82) is 0 Å². The number of rotatable bonds is 2. The first-order valence-electron chi connectivity index (χ1n) is 6.17. The Morgan fingerprint density at radius 3 is 2.50 bits per heavy atom. The number of halogens is 1. The summed E-state index contributed by atoms with van der Waals surface area (Å²) in [6, 6.07) is 6.66. The first kappa shape index (κ1) is 11.2. The van der Waals surface area contributed by atoms with Gasteiger partial charge in [-0.25, -0.2) is 4.39 Å². The summed E-state index contributed by atoms with van der Waals surface area (Å²) in [5, 5.41) is 3.94. The van der Waals surface area contributed by atoms with Crippen molar-refractivity contribution in [3.8, 4) is 11.4 Å². The Bertz CT molecular complexity index is 517. The van der Waals surface area contributed by atoms with Crippen LogP contribution in [-0.4, -0.2) is 23.2 Å². The molecule has 0 bridgehead atoms. The standard InChI is InChI=1S/C13H14FN3O/c14-11-6-4-10(5-7-11)12-15-13(18-16-12)17-8-2-1-3-9-17/h4-7H,1-3,8-9H2. The van der Waals surface area contributed by atoms with Crippen molar-refractivity contribution in [3.63, 3.8) is 0 Å². The minimum atomic E-state index is -0.265. The molecular weight excluding hydrogens is 233 g/mol. The van der Waals surface area contributed by atoms with Crippen molar-refractivity contribution in [1.82, 2.24) is 10.1 Å². The fraction of sp³-hybridized carbons (Fsp3) is 0.385. The molecule has 1 saturated heterocycles. The van der Waals surface area contributed by atoms with Gasteiger partial charge in [-0.15, -0.1) is 0 Å². The first-order chi connectivity index (χ1) is 8.83. The summed E-state index contributed by atoms with van der Waals surface area (Å²) in [6.45, 7) is 1.93. The van der Waals surface area contributed by atoms with E-state index in [1.54, 1.807) is 12.1 Å². The zero-order chi connectivity index (χ0) is 12.4. The third kappa shape index (κ3) is 2.20. The Labute approximate surface area is 104 Å². The highest BCUT2D eigenvalue weighted by Crippen LogP contribution is 2.22. The molecule has 0 radical (unpaired) electrons. The predicted molar refractivity (Wildman–Crippen MR) is 65.8 cm³/mol. The molecule has 5 heteroatoms. The van der Waals surface area contributed by atoms with Gasteiger partial charge in [0.1, 0.15) is 5.82 Å². The van der Waals surface area contributed by atoms with Gasteiger partial charge in [-0.3, -0.25) is 0 Å². The van der Waals surface area contributed by atoms with E-state index in [2.05, 4.69) is 15.0 Å². The second-order valence-corrected chi connectivity index (χ2v) is 4.46. The molecule has 3 rings (SSSR count). The molecule has 1 aliphatic rings. The molecule has 0 saturated carbocycles. The van der Waals surface area contributed by atoms with Crippen LogP contribution in [0.3, 0.4) is 0 Å². The van der Waals surface area contributed by atoms with Gasteiger partial charge >= 0.3 is 6.01 Å². The van der Waals surface area contributed by atoms with E-state index in [1.165, 1.54) is 18.6 Å². The molecule has 0 aliphatic carbocycles. The van der Waals surface area contributed by atoms with E-state index in [0.717, 1.165) is 31.5 Å².